The maximum Gasteiger partial charge on any atom is 0.261 e. The fourth-order valence-corrected chi connectivity index (χ4v) is 1.44. The smallest absolute Gasteiger partial charge is 0.261 e. The van der Waals surface area contributed by atoms with E-state index in [1.165, 1.54) is 32.2 Å². The Hall–Kier alpha value is -2.15. The van der Waals surface area contributed by atoms with Crippen molar-refractivity contribution in [3.63, 3.8) is 0 Å². The third kappa shape index (κ3) is 4.20. The molecule has 0 fully saturated rings. The Morgan fingerprint density at radius 3 is 2.55 bits per heavy atom. The van der Waals surface area contributed by atoms with E-state index in [-0.39, 0.29) is 5.75 Å². The van der Waals surface area contributed by atoms with Crippen LogP contribution in [0.15, 0.2) is 24.3 Å². The molecule has 1 aromatic carbocycles. The molecule has 0 heterocycles. The molecular weight excluding hydrogens is 267 g/mol. The summed E-state index contributed by atoms with van der Waals surface area (Å²) in [4.78, 5) is 23.1. The number of para-hydroxylation sites is 1. The summed E-state index contributed by atoms with van der Waals surface area (Å²) in [5.74, 6) is -1.80. The molecule has 0 unspecified atom stereocenters. The van der Waals surface area contributed by atoms with Crippen LogP contribution in [-0.2, 0) is 9.59 Å². The number of halogens is 1. The molecular formula is C13H17FN2O4. The van der Waals surface area contributed by atoms with E-state index in [9.17, 15) is 14.0 Å². The van der Waals surface area contributed by atoms with E-state index >= 15 is 0 Å². The molecule has 0 aliphatic carbocycles. The molecule has 1 rings (SSSR count). The average Bonchev–Trinajstić information content (AvgIpc) is 2.45. The lowest BCUT2D eigenvalue weighted by atomic mass is 10.2. The van der Waals surface area contributed by atoms with E-state index in [0.29, 0.717) is 0 Å². The van der Waals surface area contributed by atoms with Crippen LogP contribution in [0, 0.1) is 5.82 Å². The van der Waals surface area contributed by atoms with Crippen LogP contribution in [0.3, 0.4) is 0 Å². The molecule has 20 heavy (non-hydrogen) atoms. The maximum absolute atomic E-state index is 13.4. The van der Waals surface area contributed by atoms with Crippen molar-refractivity contribution < 1.29 is 23.8 Å². The van der Waals surface area contributed by atoms with Gasteiger partial charge in [0.1, 0.15) is 6.04 Å². The van der Waals surface area contributed by atoms with Gasteiger partial charge in [0.25, 0.3) is 5.91 Å². The quantitative estimate of drug-likeness (QED) is 0.676. The number of nitrogens with one attached hydrogen (secondary N) is 2. The third-order valence-corrected chi connectivity index (χ3v) is 2.57. The van der Waals surface area contributed by atoms with Crippen molar-refractivity contribution in [3.05, 3.63) is 30.1 Å². The lowest BCUT2D eigenvalue weighted by molar-refractivity contribution is -0.133. The first kappa shape index (κ1) is 15.9. The van der Waals surface area contributed by atoms with Gasteiger partial charge in [-0.3, -0.25) is 9.59 Å². The SMILES string of the molecule is CNC(=O)[C@@H](CO)NC(=O)[C@@H](C)Oc1ccccc1F. The molecule has 0 aliphatic rings. The number of benzene rings is 1. The lowest BCUT2D eigenvalue weighted by Crippen LogP contribution is -2.51. The predicted octanol–water partition coefficient (Wildman–Crippen LogP) is -0.184. The van der Waals surface area contributed by atoms with Gasteiger partial charge < -0.3 is 20.5 Å². The molecule has 0 saturated heterocycles. The number of aliphatic hydroxyl groups excluding tert-OH is 1. The number of amides is 2. The summed E-state index contributed by atoms with van der Waals surface area (Å²) in [6.07, 6.45) is -1.01. The average molecular weight is 284 g/mol. The molecule has 7 heteroatoms. The summed E-state index contributed by atoms with van der Waals surface area (Å²) in [5, 5.41) is 13.6. The topological polar surface area (TPSA) is 87.7 Å². The summed E-state index contributed by atoms with van der Waals surface area (Å²) < 4.78 is 18.5. The molecule has 6 nitrogen and oxygen atoms in total. The van der Waals surface area contributed by atoms with Crippen LogP contribution >= 0.6 is 0 Å². The van der Waals surface area contributed by atoms with Gasteiger partial charge >= 0.3 is 0 Å². The van der Waals surface area contributed by atoms with Gasteiger partial charge in [-0.2, -0.15) is 0 Å². The second-order valence-corrected chi connectivity index (χ2v) is 4.05. The molecule has 1 aromatic rings. The number of ether oxygens (including phenoxy) is 1. The first-order valence-corrected chi connectivity index (χ1v) is 6.03. The van der Waals surface area contributed by atoms with Crippen LogP contribution in [0.1, 0.15) is 6.92 Å². The van der Waals surface area contributed by atoms with Gasteiger partial charge in [-0.25, -0.2) is 4.39 Å². The molecule has 0 saturated carbocycles. The Bertz CT molecular complexity index is 481. The van der Waals surface area contributed by atoms with Gasteiger partial charge in [0.15, 0.2) is 17.7 Å². The van der Waals surface area contributed by atoms with Crippen molar-refractivity contribution in [1.29, 1.82) is 0 Å². The first-order chi connectivity index (χ1) is 9.49. The number of rotatable bonds is 6. The standard InChI is InChI=1S/C13H17FN2O4/c1-8(20-11-6-4-3-5-9(11)14)12(18)16-10(7-17)13(19)15-2/h3-6,8,10,17H,7H2,1-2H3,(H,15,19)(H,16,18)/t8-,10-/m1/s1. The largest absolute Gasteiger partial charge is 0.478 e. The van der Waals surface area contributed by atoms with E-state index in [0.717, 1.165) is 0 Å². The van der Waals surface area contributed by atoms with Crippen LogP contribution in [0.5, 0.6) is 5.75 Å². The summed E-state index contributed by atoms with van der Waals surface area (Å²) in [6, 6.07) is 4.60. The number of hydrogen-bond acceptors (Lipinski definition) is 4. The molecule has 2 amide bonds. The maximum atomic E-state index is 13.4. The molecule has 0 bridgehead atoms. The van der Waals surface area contributed by atoms with Crippen LogP contribution in [0.4, 0.5) is 4.39 Å². The molecule has 0 aromatic heterocycles. The van der Waals surface area contributed by atoms with Crippen molar-refractivity contribution in [2.75, 3.05) is 13.7 Å². The Morgan fingerprint density at radius 1 is 1.35 bits per heavy atom. The lowest BCUT2D eigenvalue weighted by Gasteiger charge is -2.19. The number of hydrogen-bond donors (Lipinski definition) is 3. The van der Waals surface area contributed by atoms with Gasteiger partial charge in [0, 0.05) is 7.05 Å². The number of aliphatic hydroxyl groups is 1. The zero-order valence-corrected chi connectivity index (χ0v) is 11.2. The van der Waals surface area contributed by atoms with E-state index in [1.807, 2.05) is 0 Å². The molecule has 0 radical (unpaired) electrons. The molecule has 2 atom stereocenters. The highest BCUT2D eigenvalue weighted by molar-refractivity contribution is 5.89. The number of likely N-dealkylation sites (N-methyl/N-ethyl adjacent to an activating group) is 1. The number of carbonyl (C=O) groups excluding carboxylic acids is 2. The van der Waals surface area contributed by atoms with Gasteiger partial charge in [0.2, 0.25) is 5.91 Å². The van der Waals surface area contributed by atoms with Gasteiger partial charge in [-0.15, -0.1) is 0 Å². The Labute approximate surface area is 115 Å². The van der Waals surface area contributed by atoms with Gasteiger partial charge in [0.05, 0.1) is 6.61 Å². The van der Waals surface area contributed by atoms with Crippen molar-refractivity contribution in [2.45, 2.75) is 19.1 Å². The van der Waals surface area contributed by atoms with Gasteiger partial charge in [-0.1, -0.05) is 12.1 Å². The fraction of sp³-hybridized carbons (Fsp3) is 0.385. The zero-order valence-electron chi connectivity index (χ0n) is 11.2. The monoisotopic (exact) mass is 284 g/mol. The third-order valence-electron chi connectivity index (χ3n) is 2.57. The van der Waals surface area contributed by atoms with Crippen molar-refractivity contribution in [1.82, 2.24) is 10.6 Å². The Kier molecular flexibility index (Phi) is 5.92. The van der Waals surface area contributed by atoms with Crippen LogP contribution in [-0.4, -0.2) is 42.7 Å². The second-order valence-electron chi connectivity index (χ2n) is 4.05. The fourth-order valence-electron chi connectivity index (χ4n) is 1.44. The van der Waals surface area contributed by atoms with Gasteiger partial charge in [-0.05, 0) is 19.1 Å². The summed E-state index contributed by atoms with van der Waals surface area (Å²) in [7, 11) is 1.39. The van der Waals surface area contributed by atoms with Crippen molar-refractivity contribution in [3.8, 4) is 5.75 Å². The van der Waals surface area contributed by atoms with Crippen LogP contribution < -0.4 is 15.4 Å². The van der Waals surface area contributed by atoms with E-state index in [2.05, 4.69) is 10.6 Å². The van der Waals surface area contributed by atoms with Crippen molar-refractivity contribution >= 4 is 11.8 Å². The Morgan fingerprint density at radius 2 is 2.00 bits per heavy atom. The number of carbonyl (C=O) groups is 2. The van der Waals surface area contributed by atoms with E-state index in [4.69, 9.17) is 9.84 Å². The minimum absolute atomic E-state index is 0.0596. The highest BCUT2D eigenvalue weighted by atomic mass is 19.1. The van der Waals surface area contributed by atoms with E-state index < -0.39 is 36.4 Å². The molecule has 3 N–H and O–H groups in total. The minimum atomic E-state index is -1.07. The minimum Gasteiger partial charge on any atom is -0.478 e. The first-order valence-electron chi connectivity index (χ1n) is 6.03. The van der Waals surface area contributed by atoms with Crippen molar-refractivity contribution in [2.24, 2.45) is 0 Å². The normalized spacial score (nSPS) is 13.2. The Balaban J connectivity index is 2.63. The molecule has 110 valence electrons. The molecule has 0 spiro atoms. The molecule has 0 aliphatic heterocycles. The highest BCUT2D eigenvalue weighted by Crippen LogP contribution is 2.16. The summed E-state index contributed by atoms with van der Waals surface area (Å²) >= 11 is 0. The summed E-state index contributed by atoms with van der Waals surface area (Å²) in [5.41, 5.74) is 0. The van der Waals surface area contributed by atoms with E-state index in [1.54, 1.807) is 6.07 Å². The highest BCUT2D eigenvalue weighted by Gasteiger charge is 2.23. The van der Waals surface area contributed by atoms with Crippen LogP contribution in [0.2, 0.25) is 0 Å². The second kappa shape index (κ2) is 7.44. The predicted molar refractivity (Wildman–Crippen MR) is 69.6 cm³/mol. The van der Waals surface area contributed by atoms with Crippen LogP contribution in [0.25, 0.3) is 0 Å². The summed E-state index contributed by atoms with van der Waals surface area (Å²) in [6.45, 7) is 0.873. The zero-order chi connectivity index (χ0) is 15.1.